The second kappa shape index (κ2) is 7.78. The zero-order valence-electron chi connectivity index (χ0n) is 13.5. The first kappa shape index (κ1) is 17.0. The van der Waals surface area contributed by atoms with E-state index in [0.717, 1.165) is 10.6 Å². The third-order valence-electron chi connectivity index (χ3n) is 3.27. The summed E-state index contributed by atoms with van der Waals surface area (Å²) >= 11 is 1.65. The van der Waals surface area contributed by atoms with E-state index < -0.39 is 0 Å². The van der Waals surface area contributed by atoms with Gasteiger partial charge in [-0.2, -0.15) is 0 Å². The molecular weight excluding hydrogens is 314 g/mol. The summed E-state index contributed by atoms with van der Waals surface area (Å²) in [5.41, 5.74) is 1.15. The predicted octanol–water partition coefficient (Wildman–Crippen LogP) is 3.69. The monoisotopic (exact) mass is 333 g/mol. The molecule has 0 atom stereocenters. The van der Waals surface area contributed by atoms with Gasteiger partial charge in [0, 0.05) is 16.1 Å². The van der Waals surface area contributed by atoms with E-state index in [-0.39, 0.29) is 5.91 Å². The largest absolute Gasteiger partial charge is 0.493 e. The molecule has 2 aromatic carbocycles. The smallest absolute Gasteiger partial charge is 0.255 e. The molecule has 2 aromatic rings. The van der Waals surface area contributed by atoms with E-state index in [4.69, 9.17) is 14.2 Å². The van der Waals surface area contributed by atoms with Gasteiger partial charge in [-0.3, -0.25) is 4.79 Å². The molecule has 0 saturated heterocycles. The zero-order valence-corrected chi connectivity index (χ0v) is 14.3. The maximum Gasteiger partial charge on any atom is 0.255 e. The van der Waals surface area contributed by atoms with Gasteiger partial charge in [0.2, 0.25) is 5.75 Å². The molecule has 0 aliphatic rings. The van der Waals surface area contributed by atoms with Crippen LogP contribution in [-0.4, -0.2) is 33.5 Å². The molecule has 122 valence electrons. The van der Waals surface area contributed by atoms with Crippen LogP contribution >= 0.6 is 11.8 Å². The van der Waals surface area contributed by atoms with Gasteiger partial charge in [-0.05, 0) is 42.7 Å². The summed E-state index contributed by atoms with van der Waals surface area (Å²) in [6.07, 6.45) is 2.00. The molecule has 0 aliphatic carbocycles. The van der Waals surface area contributed by atoms with Gasteiger partial charge in [0.15, 0.2) is 11.5 Å². The Bertz CT molecular complexity index is 660. The quantitative estimate of drug-likeness (QED) is 0.817. The Labute approximate surface area is 139 Å². The third-order valence-corrected chi connectivity index (χ3v) is 4.02. The summed E-state index contributed by atoms with van der Waals surface area (Å²) in [5.74, 6) is 1.08. The number of anilines is 1. The topological polar surface area (TPSA) is 56.8 Å². The molecule has 0 aliphatic heterocycles. The molecule has 0 unspecified atom stereocenters. The number of amides is 1. The molecule has 5 nitrogen and oxygen atoms in total. The van der Waals surface area contributed by atoms with Gasteiger partial charge in [-0.15, -0.1) is 11.8 Å². The molecular formula is C17H19NO4S. The SMILES string of the molecule is COc1cc(C(=O)Nc2ccc(SC)cc2)cc(OC)c1OC. The maximum absolute atomic E-state index is 12.4. The first-order valence-corrected chi connectivity index (χ1v) is 8.10. The molecule has 1 amide bonds. The molecule has 0 bridgehead atoms. The Morgan fingerprint density at radius 3 is 1.96 bits per heavy atom. The Balaban J connectivity index is 2.27. The maximum atomic E-state index is 12.4. The van der Waals surface area contributed by atoms with Crippen molar-refractivity contribution in [2.75, 3.05) is 32.9 Å². The third kappa shape index (κ3) is 3.90. The van der Waals surface area contributed by atoms with Crippen molar-refractivity contribution in [3.8, 4) is 17.2 Å². The van der Waals surface area contributed by atoms with Crippen LogP contribution < -0.4 is 19.5 Å². The van der Waals surface area contributed by atoms with Crippen LogP contribution in [-0.2, 0) is 0 Å². The van der Waals surface area contributed by atoms with Crippen LogP contribution in [0.25, 0.3) is 0 Å². The van der Waals surface area contributed by atoms with E-state index in [9.17, 15) is 4.79 Å². The highest BCUT2D eigenvalue weighted by Gasteiger charge is 2.17. The van der Waals surface area contributed by atoms with Gasteiger partial charge in [-0.25, -0.2) is 0 Å². The second-order valence-electron chi connectivity index (χ2n) is 4.60. The fourth-order valence-electron chi connectivity index (χ4n) is 2.09. The molecule has 0 radical (unpaired) electrons. The highest BCUT2D eigenvalue weighted by Crippen LogP contribution is 2.38. The number of hydrogen-bond donors (Lipinski definition) is 1. The van der Waals surface area contributed by atoms with E-state index in [2.05, 4.69) is 5.32 Å². The van der Waals surface area contributed by atoms with Crippen molar-refractivity contribution in [1.82, 2.24) is 0 Å². The molecule has 0 heterocycles. The number of methoxy groups -OCH3 is 3. The van der Waals surface area contributed by atoms with Crippen molar-refractivity contribution >= 4 is 23.4 Å². The van der Waals surface area contributed by atoms with Gasteiger partial charge < -0.3 is 19.5 Å². The van der Waals surface area contributed by atoms with Crippen LogP contribution in [0.4, 0.5) is 5.69 Å². The first-order valence-electron chi connectivity index (χ1n) is 6.88. The Morgan fingerprint density at radius 1 is 0.957 bits per heavy atom. The molecule has 6 heteroatoms. The number of rotatable bonds is 6. The summed E-state index contributed by atoms with van der Waals surface area (Å²) in [6, 6.07) is 10.9. The number of carbonyl (C=O) groups excluding carboxylic acids is 1. The molecule has 0 saturated carbocycles. The number of thioether (sulfide) groups is 1. The highest BCUT2D eigenvalue weighted by molar-refractivity contribution is 7.98. The second-order valence-corrected chi connectivity index (χ2v) is 5.48. The van der Waals surface area contributed by atoms with Crippen LogP contribution in [0.15, 0.2) is 41.3 Å². The van der Waals surface area contributed by atoms with Crippen molar-refractivity contribution in [1.29, 1.82) is 0 Å². The number of ether oxygens (including phenoxy) is 3. The van der Waals surface area contributed by atoms with Crippen molar-refractivity contribution in [3.63, 3.8) is 0 Å². The summed E-state index contributed by atoms with van der Waals surface area (Å²) in [5, 5.41) is 2.85. The van der Waals surface area contributed by atoms with E-state index in [1.54, 1.807) is 23.9 Å². The molecule has 1 N–H and O–H groups in total. The normalized spacial score (nSPS) is 10.1. The highest BCUT2D eigenvalue weighted by atomic mass is 32.2. The van der Waals surface area contributed by atoms with E-state index >= 15 is 0 Å². The van der Waals surface area contributed by atoms with Crippen molar-refractivity contribution in [2.45, 2.75) is 4.90 Å². The first-order chi connectivity index (χ1) is 11.1. The van der Waals surface area contributed by atoms with E-state index in [1.807, 2.05) is 30.5 Å². The number of carbonyl (C=O) groups is 1. The van der Waals surface area contributed by atoms with Crippen LogP contribution in [0.3, 0.4) is 0 Å². The van der Waals surface area contributed by atoms with Crippen LogP contribution in [0, 0.1) is 0 Å². The van der Waals surface area contributed by atoms with Gasteiger partial charge in [0.1, 0.15) is 0 Å². The molecule has 2 rings (SSSR count). The van der Waals surface area contributed by atoms with Gasteiger partial charge in [0.05, 0.1) is 21.3 Å². The standard InChI is InChI=1S/C17H19NO4S/c1-20-14-9-11(10-15(21-2)16(14)22-3)17(19)18-12-5-7-13(23-4)8-6-12/h5-10H,1-4H3,(H,18,19). The summed E-state index contributed by atoms with van der Waals surface area (Å²) in [6.45, 7) is 0. The van der Waals surface area contributed by atoms with Gasteiger partial charge in [-0.1, -0.05) is 0 Å². The molecule has 0 fully saturated rings. The minimum atomic E-state index is -0.249. The summed E-state index contributed by atoms with van der Waals surface area (Å²) < 4.78 is 15.8. The molecule has 0 aromatic heterocycles. The minimum absolute atomic E-state index is 0.249. The van der Waals surface area contributed by atoms with Crippen LogP contribution in [0.1, 0.15) is 10.4 Å². The molecule has 0 spiro atoms. The fraction of sp³-hybridized carbons (Fsp3) is 0.235. The number of benzene rings is 2. The zero-order chi connectivity index (χ0) is 16.8. The molecule has 23 heavy (non-hydrogen) atoms. The Morgan fingerprint density at radius 2 is 1.52 bits per heavy atom. The average molecular weight is 333 g/mol. The number of nitrogens with one attached hydrogen (secondary N) is 1. The lowest BCUT2D eigenvalue weighted by Gasteiger charge is -2.14. The lowest BCUT2D eigenvalue weighted by molar-refractivity contribution is 0.102. The Hall–Kier alpha value is -2.34. The van der Waals surface area contributed by atoms with Crippen LogP contribution in [0.5, 0.6) is 17.2 Å². The predicted molar refractivity (Wildman–Crippen MR) is 92.3 cm³/mol. The van der Waals surface area contributed by atoms with Crippen molar-refractivity contribution < 1.29 is 19.0 Å². The van der Waals surface area contributed by atoms with Crippen molar-refractivity contribution in [3.05, 3.63) is 42.0 Å². The Kier molecular flexibility index (Phi) is 5.76. The summed E-state index contributed by atoms with van der Waals surface area (Å²) in [7, 11) is 4.55. The van der Waals surface area contributed by atoms with Gasteiger partial charge in [0.25, 0.3) is 5.91 Å². The van der Waals surface area contributed by atoms with Gasteiger partial charge >= 0.3 is 0 Å². The lowest BCUT2D eigenvalue weighted by atomic mass is 10.1. The average Bonchev–Trinajstić information content (AvgIpc) is 2.60. The lowest BCUT2D eigenvalue weighted by Crippen LogP contribution is -2.12. The van der Waals surface area contributed by atoms with Crippen LogP contribution in [0.2, 0.25) is 0 Å². The summed E-state index contributed by atoms with van der Waals surface area (Å²) in [4.78, 5) is 13.6. The van der Waals surface area contributed by atoms with Crippen molar-refractivity contribution in [2.24, 2.45) is 0 Å². The minimum Gasteiger partial charge on any atom is -0.493 e. The van der Waals surface area contributed by atoms with E-state index in [1.165, 1.54) is 21.3 Å². The van der Waals surface area contributed by atoms with E-state index in [0.29, 0.717) is 22.8 Å². The number of hydrogen-bond acceptors (Lipinski definition) is 5. The fourth-order valence-corrected chi connectivity index (χ4v) is 2.50.